The molecule has 1 heterocycles. The molecule has 2 aromatic rings. The van der Waals surface area contributed by atoms with E-state index in [2.05, 4.69) is 10.3 Å². The van der Waals surface area contributed by atoms with Crippen LogP contribution in [0.5, 0.6) is 0 Å². The number of nitrogen functional groups attached to an aromatic ring is 1. The van der Waals surface area contributed by atoms with Crippen molar-refractivity contribution in [1.29, 1.82) is 0 Å². The van der Waals surface area contributed by atoms with Crippen LogP contribution in [0.15, 0.2) is 30.5 Å². The first-order chi connectivity index (χ1) is 8.18. The molecule has 5 heteroatoms. The van der Waals surface area contributed by atoms with Gasteiger partial charge in [0.2, 0.25) is 5.91 Å². The average Bonchev–Trinajstić information content (AvgIpc) is 2.32. The first-order valence-corrected chi connectivity index (χ1v) is 5.34. The molecule has 0 aliphatic heterocycles. The number of benzene rings is 1. The number of hydrogen-bond donors (Lipinski definition) is 3. The van der Waals surface area contributed by atoms with Crippen LogP contribution < -0.4 is 16.8 Å². The lowest BCUT2D eigenvalue weighted by molar-refractivity contribution is -0.117. The van der Waals surface area contributed by atoms with E-state index in [1.165, 1.54) is 0 Å². The number of hydrogen-bond acceptors (Lipinski definition) is 4. The molecule has 0 aliphatic rings. The van der Waals surface area contributed by atoms with Gasteiger partial charge >= 0.3 is 0 Å². The largest absolute Gasteiger partial charge is 0.397 e. The topological polar surface area (TPSA) is 94.0 Å². The molecule has 0 unspecified atom stereocenters. The summed E-state index contributed by atoms with van der Waals surface area (Å²) < 4.78 is 0. The van der Waals surface area contributed by atoms with Crippen LogP contribution in [0.4, 0.5) is 11.4 Å². The second-order valence-electron chi connectivity index (χ2n) is 3.74. The Balaban J connectivity index is 2.23. The average molecular weight is 230 g/mol. The molecule has 5 nitrogen and oxygen atoms in total. The molecule has 0 spiro atoms. The third-order valence-electron chi connectivity index (χ3n) is 2.51. The van der Waals surface area contributed by atoms with Gasteiger partial charge in [0.25, 0.3) is 0 Å². The Morgan fingerprint density at radius 3 is 2.94 bits per heavy atom. The van der Waals surface area contributed by atoms with E-state index >= 15 is 0 Å². The Morgan fingerprint density at radius 2 is 2.18 bits per heavy atom. The summed E-state index contributed by atoms with van der Waals surface area (Å²) in [5, 5.41) is 3.98. The first-order valence-electron chi connectivity index (χ1n) is 5.34. The monoisotopic (exact) mass is 230 g/mol. The maximum atomic E-state index is 10.6. The van der Waals surface area contributed by atoms with Crippen LogP contribution in [0.2, 0.25) is 0 Å². The molecule has 1 amide bonds. The van der Waals surface area contributed by atoms with Crippen LogP contribution in [0, 0.1) is 0 Å². The lowest BCUT2D eigenvalue weighted by atomic mass is 10.1. The molecule has 1 aromatic heterocycles. The molecular formula is C12H14N4O. The van der Waals surface area contributed by atoms with Crippen molar-refractivity contribution in [3.63, 3.8) is 0 Å². The molecule has 0 atom stereocenters. The number of aromatic nitrogens is 1. The molecular weight excluding hydrogens is 216 g/mol. The van der Waals surface area contributed by atoms with Gasteiger partial charge < -0.3 is 16.8 Å². The maximum absolute atomic E-state index is 10.6. The maximum Gasteiger partial charge on any atom is 0.219 e. The standard InChI is InChI=1S/C12H14N4O/c13-11(17)5-7-16-10-4-3-9-8(12(10)14)2-1-6-15-9/h1-4,6,16H,5,7,14H2,(H2,13,17). The van der Waals surface area contributed by atoms with Gasteiger partial charge in [-0.1, -0.05) is 0 Å². The van der Waals surface area contributed by atoms with Crippen molar-refractivity contribution in [3.8, 4) is 0 Å². The number of carbonyl (C=O) groups is 1. The highest BCUT2D eigenvalue weighted by molar-refractivity contribution is 5.96. The lowest BCUT2D eigenvalue weighted by Crippen LogP contribution is -2.16. The minimum atomic E-state index is -0.335. The van der Waals surface area contributed by atoms with Gasteiger partial charge in [-0.05, 0) is 24.3 Å². The van der Waals surface area contributed by atoms with Crippen molar-refractivity contribution < 1.29 is 4.79 Å². The van der Waals surface area contributed by atoms with E-state index in [9.17, 15) is 4.79 Å². The Morgan fingerprint density at radius 1 is 1.35 bits per heavy atom. The number of amides is 1. The molecule has 0 saturated heterocycles. The molecule has 0 fully saturated rings. The number of pyridine rings is 1. The summed E-state index contributed by atoms with van der Waals surface area (Å²) in [4.78, 5) is 14.8. The van der Waals surface area contributed by atoms with E-state index in [-0.39, 0.29) is 12.3 Å². The van der Waals surface area contributed by atoms with Gasteiger partial charge in [-0.2, -0.15) is 0 Å². The van der Waals surface area contributed by atoms with E-state index < -0.39 is 0 Å². The molecule has 0 aliphatic carbocycles. The summed E-state index contributed by atoms with van der Waals surface area (Å²) in [7, 11) is 0. The zero-order chi connectivity index (χ0) is 12.3. The van der Waals surface area contributed by atoms with Crippen molar-refractivity contribution in [2.75, 3.05) is 17.6 Å². The molecule has 1 aromatic carbocycles. The minimum Gasteiger partial charge on any atom is -0.397 e. The number of nitrogens with zero attached hydrogens (tertiary/aromatic N) is 1. The zero-order valence-corrected chi connectivity index (χ0v) is 9.31. The van der Waals surface area contributed by atoms with Crippen LogP contribution in [-0.2, 0) is 4.79 Å². The Labute approximate surface area is 98.8 Å². The Bertz CT molecular complexity index is 553. The van der Waals surface area contributed by atoms with Crippen molar-refractivity contribution >= 4 is 28.2 Å². The van der Waals surface area contributed by atoms with Crippen LogP contribution in [0.25, 0.3) is 10.9 Å². The lowest BCUT2D eigenvalue weighted by Gasteiger charge is -2.10. The summed E-state index contributed by atoms with van der Waals surface area (Å²) in [6.07, 6.45) is 2.01. The number of nitrogens with two attached hydrogens (primary N) is 2. The normalized spacial score (nSPS) is 10.4. The third-order valence-corrected chi connectivity index (χ3v) is 2.51. The second kappa shape index (κ2) is 4.69. The van der Waals surface area contributed by atoms with Crippen LogP contribution in [0.1, 0.15) is 6.42 Å². The Kier molecular flexibility index (Phi) is 3.09. The molecule has 0 saturated carbocycles. The van der Waals surface area contributed by atoms with E-state index in [1.54, 1.807) is 6.20 Å². The summed E-state index contributed by atoms with van der Waals surface area (Å²) in [6, 6.07) is 7.49. The number of carbonyl (C=O) groups excluding carboxylic acids is 1. The van der Waals surface area contributed by atoms with Gasteiger partial charge in [-0.15, -0.1) is 0 Å². The number of primary amides is 1. The van der Waals surface area contributed by atoms with Crippen LogP contribution >= 0.6 is 0 Å². The van der Waals surface area contributed by atoms with Gasteiger partial charge in [0.1, 0.15) is 0 Å². The fraction of sp³-hybridized carbons (Fsp3) is 0.167. The highest BCUT2D eigenvalue weighted by atomic mass is 16.1. The van der Waals surface area contributed by atoms with E-state index in [0.29, 0.717) is 12.2 Å². The summed E-state index contributed by atoms with van der Waals surface area (Å²) in [6.45, 7) is 0.477. The smallest absolute Gasteiger partial charge is 0.219 e. The highest BCUT2D eigenvalue weighted by Gasteiger charge is 2.04. The molecule has 17 heavy (non-hydrogen) atoms. The fourth-order valence-electron chi connectivity index (χ4n) is 1.65. The summed E-state index contributed by atoms with van der Waals surface area (Å²) in [5.41, 5.74) is 13.4. The predicted molar refractivity (Wildman–Crippen MR) is 68.5 cm³/mol. The van der Waals surface area contributed by atoms with Gasteiger partial charge in [0.15, 0.2) is 0 Å². The summed E-state index contributed by atoms with van der Waals surface area (Å²) >= 11 is 0. The number of fused-ring (bicyclic) bond motifs is 1. The minimum absolute atomic E-state index is 0.282. The SMILES string of the molecule is NC(=O)CCNc1ccc2ncccc2c1N. The predicted octanol–water partition coefficient (Wildman–Crippen LogP) is 1.10. The van der Waals surface area contributed by atoms with Gasteiger partial charge in [0.05, 0.1) is 16.9 Å². The zero-order valence-electron chi connectivity index (χ0n) is 9.31. The van der Waals surface area contributed by atoms with Gasteiger partial charge in [0, 0.05) is 24.5 Å². The number of rotatable bonds is 4. The second-order valence-corrected chi connectivity index (χ2v) is 3.74. The van der Waals surface area contributed by atoms with Crippen LogP contribution in [0.3, 0.4) is 0 Å². The molecule has 5 N–H and O–H groups in total. The Hall–Kier alpha value is -2.30. The highest BCUT2D eigenvalue weighted by Crippen LogP contribution is 2.27. The van der Waals surface area contributed by atoms with Gasteiger partial charge in [-0.25, -0.2) is 0 Å². The van der Waals surface area contributed by atoms with Crippen LogP contribution in [-0.4, -0.2) is 17.4 Å². The molecule has 88 valence electrons. The number of anilines is 2. The molecule has 0 bridgehead atoms. The van der Waals surface area contributed by atoms with Crippen molar-refractivity contribution in [3.05, 3.63) is 30.5 Å². The van der Waals surface area contributed by atoms with E-state index in [0.717, 1.165) is 16.6 Å². The van der Waals surface area contributed by atoms with Crippen molar-refractivity contribution in [2.45, 2.75) is 6.42 Å². The first kappa shape index (κ1) is 11.2. The van der Waals surface area contributed by atoms with Crippen molar-refractivity contribution in [2.24, 2.45) is 5.73 Å². The fourth-order valence-corrected chi connectivity index (χ4v) is 1.65. The quantitative estimate of drug-likeness (QED) is 0.685. The summed E-state index contributed by atoms with van der Waals surface area (Å²) in [5.74, 6) is -0.335. The van der Waals surface area contributed by atoms with E-state index in [1.807, 2.05) is 24.3 Å². The molecule has 2 rings (SSSR count). The third kappa shape index (κ3) is 2.44. The molecule has 0 radical (unpaired) electrons. The number of nitrogens with one attached hydrogen (secondary N) is 1. The van der Waals surface area contributed by atoms with Crippen molar-refractivity contribution in [1.82, 2.24) is 4.98 Å². The van der Waals surface area contributed by atoms with Gasteiger partial charge in [-0.3, -0.25) is 9.78 Å². The van der Waals surface area contributed by atoms with E-state index in [4.69, 9.17) is 11.5 Å².